The van der Waals surface area contributed by atoms with E-state index in [0.717, 1.165) is 6.42 Å². The van der Waals surface area contributed by atoms with Gasteiger partial charge in [0.05, 0.1) is 12.7 Å². The standard InChI is InChI=1S/C13H23N5O3/c1-10(2)7-11(8-12(19)20)9-15-13(21)14-3-5-18-6-4-16-17-18/h4,6,10-11H,3,5,7-9H2,1-2H3,(H,19,20)(H2,14,15,21)/t11-/m0/s1. The molecule has 0 aliphatic carbocycles. The van der Waals surface area contributed by atoms with Crippen LogP contribution in [0.5, 0.6) is 0 Å². The fraction of sp³-hybridized carbons (Fsp3) is 0.692. The SMILES string of the molecule is CC(C)C[C@H](CNC(=O)NCCn1ccnn1)CC(=O)O. The van der Waals surface area contributed by atoms with Crippen molar-refractivity contribution in [3.8, 4) is 0 Å². The Kier molecular flexibility index (Phi) is 7.20. The fourth-order valence-corrected chi connectivity index (χ4v) is 2.09. The van der Waals surface area contributed by atoms with Gasteiger partial charge in [0.1, 0.15) is 0 Å². The smallest absolute Gasteiger partial charge is 0.314 e. The summed E-state index contributed by atoms with van der Waals surface area (Å²) >= 11 is 0. The van der Waals surface area contributed by atoms with Gasteiger partial charge in [-0.15, -0.1) is 5.10 Å². The largest absolute Gasteiger partial charge is 0.481 e. The van der Waals surface area contributed by atoms with Crippen molar-refractivity contribution in [3.63, 3.8) is 0 Å². The molecule has 0 bridgehead atoms. The van der Waals surface area contributed by atoms with Crippen LogP contribution < -0.4 is 10.6 Å². The van der Waals surface area contributed by atoms with Gasteiger partial charge in [0.25, 0.3) is 0 Å². The number of rotatable bonds is 9. The molecule has 118 valence electrons. The van der Waals surface area contributed by atoms with E-state index in [9.17, 15) is 9.59 Å². The van der Waals surface area contributed by atoms with E-state index in [4.69, 9.17) is 5.11 Å². The van der Waals surface area contributed by atoms with Crippen molar-refractivity contribution in [2.45, 2.75) is 33.2 Å². The number of carbonyl (C=O) groups excluding carboxylic acids is 1. The van der Waals surface area contributed by atoms with Crippen molar-refractivity contribution in [1.29, 1.82) is 0 Å². The molecule has 1 atom stereocenters. The summed E-state index contributed by atoms with van der Waals surface area (Å²) in [5, 5.41) is 21.7. The summed E-state index contributed by atoms with van der Waals surface area (Å²) in [7, 11) is 0. The van der Waals surface area contributed by atoms with Crippen LogP contribution in [0.2, 0.25) is 0 Å². The molecule has 0 aliphatic rings. The van der Waals surface area contributed by atoms with Crippen molar-refractivity contribution >= 4 is 12.0 Å². The molecule has 0 unspecified atom stereocenters. The van der Waals surface area contributed by atoms with E-state index in [2.05, 4.69) is 20.9 Å². The molecule has 0 saturated carbocycles. The molecule has 21 heavy (non-hydrogen) atoms. The molecule has 8 nitrogen and oxygen atoms in total. The number of hydrogen-bond acceptors (Lipinski definition) is 4. The first-order valence-electron chi connectivity index (χ1n) is 7.05. The molecule has 2 amide bonds. The molecular weight excluding hydrogens is 274 g/mol. The Balaban J connectivity index is 2.23. The van der Waals surface area contributed by atoms with Gasteiger partial charge in [-0.1, -0.05) is 19.1 Å². The molecular formula is C13H23N5O3. The number of nitrogens with one attached hydrogen (secondary N) is 2. The Bertz CT molecular complexity index is 433. The number of urea groups is 1. The molecule has 3 N–H and O–H groups in total. The maximum Gasteiger partial charge on any atom is 0.314 e. The number of carboxylic acid groups (broad SMARTS) is 1. The second kappa shape index (κ2) is 8.93. The van der Waals surface area contributed by atoms with Crippen LogP contribution >= 0.6 is 0 Å². The van der Waals surface area contributed by atoms with Crippen LogP contribution in [0.4, 0.5) is 4.79 Å². The summed E-state index contributed by atoms with van der Waals surface area (Å²) in [6.45, 7) is 5.40. The van der Waals surface area contributed by atoms with Gasteiger partial charge in [0.15, 0.2) is 0 Å². The molecule has 1 heterocycles. The predicted octanol–water partition coefficient (Wildman–Crippen LogP) is 0.714. The topological polar surface area (TPSA) is 109 Å². The number of amides is 2. The van der Waals surface area contributed by atoms with E-state index in [0.29, 0.717) is 25.6 Å². The third-order valence-corrected chi connectivity index (χ3v) is 2.92. The minimum absolute atomic E-state index is 0.0523. The zero-order chi connectivity index (χ0) is 15.7. The van der Waals surface area contributed by atoms with Gasteiger partial charge < -0.3 is 15.7 Å². The van der Waals surface area contributed by atoms with Crippen LogP contribution in [0.25, 0.3) is 0 Å². The second-order valence-corrected chi connectivity index (χ2v) is 5.40. The normalized spacial score (nSPS) is 12.1. The van der Waals surface area contributed by atoms with Crippen LogP contribution in [0, 0.1) is 11.8 Å². The Morgan fingerprint density at radius 1 is 1.33 bits per heavy atom. The van der Waals surface area contributed by atoms with Crippen LogP contribution in [0.15, 0.2) is 12.4 Å². The molecule has 0 aromatic carbocycles. The average molecular weight is 297 g/mol. The molecule has 1 rings (SSSR count). The zero-order valence-electron chi connectivity index (χ0n) is 12.5. The van der Waals surface area contributed by atoms with E-state index in [-0.39, 0.29) is 18.4 Å². The minimum Gasteiger partial charge on any atom is -0.481 e. The Morgan fingerprint density at radius 2 is 2.10 bits per heavy atom. The zero-order valence-corrected chi connectivity index (χ0v) is 12.5. The number of nitrogens with zero attached hydrogens (tertiary/aromatic N) is 3. The molecule has 0 saturated heterocycles. The Labute approximate surface area is 123 Å². The van der Waals surface area contributed by atoms with Crippen LogP contribution in [0.1, 0.15) is 26.7 Å². The van der Waals surface area contributed by atoms with Crippen molar-refractivity contribution in [1.82, 2.24) is 25.6 Å². The highest BCUT2D eigenvalue weighted by atomic mass is 16.4. The predicted molar refractivity (Wildman–Crippen MR) is 76.6 cm³/mol. The van der Waals surface area contributed by atoms with Gasteiger partial charge in [0, 0.05) is 25.7 Å². The molecule has 8 heteroatoms. The first-order chi connectivity index (χ1) is 9.97. The summed E-state index contributed by atoms with van der Waals surface area (Å²) < 4.78 is 1.62. The van der Waals surface area contributed by atoms with Crippen molar-refractivity contribution in [2.75, 3.05) is 13.1 Å². The number of hydrogen-bond donors (Lipinski definition) is 3. The number of carboxylic acids is 1. The second-order valence-electron chi connectivity index (χ2n) is 5.40. The monoisotopic (exact) mass is 297 g/mol. The lowest BCUT2D eigenvalue weighted by molar-refractivity contribution is -0.138. The number of aliphatic carboxylic acids is 1. The number of aromatic nitrogens is 3. The molecule has 0 radical (unpaired) electrons. The summed E-state index contributed by atoms with van der Waals surface area (Å²) in [5.74, 6) is -0.496. The maximum atomic E-state index is 11.6. The lowest BCUT2D eigenvalue weighted by Crippen LogP contribution is -2.40. The highest BCUT2D eigenvalue weighted by molar-refractivity contribution is 5.74. The summed E-state index contributed by atoms with van der Waals surface area (Å²) in [6.07, 6.45) is 4.12. The maximum absolute atomic E-state index is 11.6. The lowest BCUT2D eigenvalue weighted by Gasteiger charge is -2.18. The minimum atomic E-state index is -0.839. The fourth-order valence-electron chi connectivity index (χ4n) is 2.09. The quantitative estimate of drug-likeness (QED) is 0.622. The third kappa shape index (κ3) is 7.91. The molecule has 1 aromatic rings. The van der Waals surface area contributed by atoms with Gasteiger partial charge in [0.2, 0.25) is 0 Å². The van der Waals surface area contributed by atoms with Crippen molar-refractivity contribution in [3.05, 3.63) is 12.4 Å². The van der Waals surface area contributed by atoms with E-state index >= 15 is 0 Å². The highest BCUT2D eigenvalue weighted by Crippen LogP contribution is 2.14. The van der Waals surface area contributed by atoms with E-state index < -0.39 is 5.97 Å². The van der Waals surface area contributed by atoms with Crippen molar-refractivity contribution < 1.29 is 14.7 Å². The lowest BCUT2D eigenvalue weighted by atomic mass is 9.94. The summed E-state index contributed by atoms with van der Waals surface area (Å²) in [4.78, 5) is 22.4. The van der Waals surface area contributed by atoms with Gasteiger partial charge in [-0.2, -0.15) is 0 Å². The summed E-state index contributed by atoms with van der Waals surface area (Å²) in [5.41, 5.74) is 0. The molecule has 0 fully saturated rings. The molecule has 1 aromatic heterocycles. The van der Waals surface area contributed by atoms with E-state index in [1.807, 2.05) is 13.8 Å². The molecule has 0 spiro atoms. The average Bonchev–Trinajstić information content (AvgIpc) is 2.88. The Hall–Kier alpha value is -2.12. The number of carbonyl (C=O) groups is 2. The first-order valence-corrected chi connectivity index (χ1v) is 7.05. The van der Waals surface area contributed by atoms with Gasteiger partial charge in [-0.3, -0.25) is 9.48 Å². The van der Waals surface area contributed by atoms with Crippen LogP contribution in [0.3, 0.4) is 0 Å². The third-order valence-electron chi connectivity index (χ3n) is 2.92. The van der Waals surface area contributed by atoms with Crippen LogP contribution in [-0.4, -0.2) is 45.2 Å². The van der Waals surface area contributed by atoms with Crippen LogP contribution in [-0.2, 0) is 11.3 Å². The van der Waals surface area contributed by atoms with Crippen molar-refractivity contribution in [2.24, 2.45) is 11.8 Å². The Morgan fingerprint density at radius 3 is 2.67 bits per heavy atom. The molecule has 0 aliphatic heterocycles. The van der Waals surface area contributed by atoms with E-state index in [1.54, 1.807) is 17.1 Å². The van der Waals surface area contributed by atoms with Gasteiger partial charge in [-0.05, 0) is 18.3 Å². The highest BCUT2D eigenvalue weighted by Gasteiger charge is 2.15. The van der Waals surface area contributed by atoms with Gasteiger partial charge in [-0.25, -0.2) is 4.79 Å². The first kappa shape index (κ1) is 16.9. The van der Waals surface area contributed by atoms with Gasteiger partial charge >= 0.3 is 12.0 Å². The summed E-state index contributed by atoms with van der Waals surface area (Å²) in [6, 6.07) is -0.297. The van der Waals surface area contributed by atoms with E-state index in [1.165, 1.54) is 0 Å².